The minimum absolute atomic E-state index is 0.0731. The fraction of sp³-hybridized carbons (Fsp3) is 0.750. The molecule has 23 heavy (non-hydrogen) atoms. The van der Waals surface area contributed by atoms with Gasteiger partial charge in [0.15, 0.2) is 0 Å². The minimum Gasteiger partial charge on any atom is -0.375 e. The van der Waals surface area contributed by atoms with Gasteiger partial charge in [0.1, 0.15) is 0 Å². The van der Waals surface area contributed by atoms with Crippen molar-refractivity contribution in [1.29, 1.82) is 0 Å². The Bertz CT molecular complexity index is 539. The van der Waals surface area contributed by atoms with Crippen LogP contribution in [0, 0.1) is 12.3 Å². The van der Waals surface area contributed by atoms with Crippen LogP contribution >= 0.6 is 11.6 Å². The number of hydrogen-bond donors (Lipinski definition) is 2. The zero-order valence-corrected chi connectivity index (χ0v) is 15.2. The molecule has 1 aliphatic heterocycles. The van der Waals surface area contributed by atoms with Gasteiger partial charge in [-0.05, 0) is 13.3 Å². The number of H-pyrrole nitrogens is 1. The van der Waals surface area contributed by atoms with E-state index < -0.39 is 0 Å². The third-order valence-corrected chi connectivity index (χ3v) is 4.47. The highest BCUT2D eigenvalue weighted by molar-refractivity contribution is 6.31. The van der Waals surface area contributed by atoms with E-state index in [0.29, 0.717) is 18.2 Å². The molecule has 0 bridgehead atoms. The first-order valence-electron chi connectivity index (χ1n) is 8.09. The highest BCUT2D eigenvalue weighted by atomic mass is 35.5. The number of halogens is 1. The molecule has 1 saturated heterocycles. The second kappa shape index (κ2) is 7.64. The van der Waals surface area contributed by atoms with E-state index in [2.05, 4.69) is 20.4 Å². The predicted octanol–water partition coefficient (Wildman–Crippen LogP) is 2.12. The van der Waals surface area contributed by atoms with E-state index in [4.69, 9.17) is 16.3 Å². The van der Waals surface area contributed by atoms with Crippen LogP contribution in [0.5, 0.6) is 0 Å². The lowest BCUT2D eigenvalue weighted by Crippen LogP contribution is -2.44. The van der Waals surface area contributed by atoms with Crippen LogP contribution < -0.4 is 5.32 Å². The highest BCUT2D eigenvalue weighted by Gasteiger charge is 2.24. The van der Waals surface area contributed by atoms with Crippen LogP contribution in [-0.2, 0) is 16.1 Å². The van der Waals surface area contributed by atoms with Crippen molar-refractivity contribution in [2.75, 3.05) is 26.2 Å². The summed E-state index contributed by atoms with van der Waals surface area (Å²) in [5.41, 5.74) is 1.43. The fourth-order valence-electron chi connectivity index (χ4n) is 2.49. The summed E-state index contributed by atoms with van der Waals surface area (Å²) in [6, 6.07) is 0. The average Bonchev–Trinajstić information content (AvgIpc) is 2.79. The number of nitrogens with one attached hydrogen (secondary N) is 2. The summed E-state index contributed by atoms with van der Waals surface area (Å²) >= 11 is 6.23. The molecule has 2 heterocycles. The van der Waals surface area contributed by atoms with Gasteiger partial charge in [0, 0.05) is 31.6 Å². The Kier molecular flexibility index (Phi) is 6.06. The summed E-state index contributed by atoms with van der Waals surface area (Å²) in [6.45, 7) is 11.4. The van der Waals surface area contributed by atoms with Crippen LogP contribution in [0.2, 0.25) is 5.02 Å². The molecule has 1 aromatic rings. The average molecular weight is 343 g/mol. The molecule has 7 heteroatoms. The SMILES string of the molecule is Cc1[nH]nc(CN2CCO[C@H](CCNC(=O)C(C)(C)C)C2)c1Cl. The number of rotatable bonds is 5. The van der Waals surface area contributed by atoms with Crippen LogP contribution in [0.3, 0.4) is 0 Å². The Morgan fingerprint density at radius 2 is 2.26 bits per heavy atom. The van der Waals surface area contributed by atoms with Crippen molar-refractivity contribution in [3.63, 3.8) is 0 Å². The lowest BCUT2D eigenvalue weighted by molar-refractivity contribution is -0.128. The molecular formula is C16H27ClN4O2. The van der Waals surface area contributed by atoms with E-state index in [1.54, 1.807) is 0 Å². The van der Waals surface area contributed by atoms with Crippen molar-refractivity contribution in [2.45, 2.75) is 46.8 Å². The zero-order valence-electron chi connectivity index (χ0n) is 14.4. The smallest absolute Gasteiger partial charge is 0.225 e. The topological polar surface area (TPSA) is 70.2 Å². The third kappa shape index (κ3) is 5.19. The van der Waals surface area contributed by atoms with E-state index in [1.165, 1.54) is 0 Å². The maximum atomic E-state index is 11.9. The predicted molar refractivity (Wildman–Crippen MR) is 90.4 cm³/mol. The van der Waals surface area contributed by atoms with Crippen LogP contribution in [0.4, 0.5) is 0 Å². The number of amides is 1. The molecule has 2 N–H and O–H groups in total. The minimum atomic E-state index is -0.353. The summed E-state index contributed by atoms with van der Waals surface area (Å²) in [6.07, 6.45) is 0.939. The van der Waals surface area contributed by atoms with E-state index >= 15 is 0 Å². The number of hydrogen-bond acceptors (Lipinski definition) is 4. The number of carbonyl (C=O) groups excluding carboxylic acids is 1. The molecule has 0 saturated carbocycles. The van der Waals surface area contributed by atoms with E-state index in [9.17, 15) is 4.79 Å². The van der Waals surface area contributed by atoms with E-state index in [-0.39, 0.29) is 17.4 Å². The molecule has 1 aliphatic rings. The Morgan fingerprint density at radius 1 is 1.52 bits per heavy atom. The molecule has 0 spiro atoms. The molecule has 130 valence electrons. The molecule has 1 fully saturated rings. The number of morpholine rings is 1. The van der Waals surface area contributed by atoms with Crippen molar-refractivity contribution in [1.82, 2.24) is 20.4 Å². The molecule has 1 amide bonds. The maximum absolute atomic E-state index is 11.9. The van der Waals surface area contributed by atoms with Gasteiger partial charge in [-0.25, -0.2) is 0 Å². The molecule has 0 radical (unpaired) electrons. The Morgan fingerprint density at radius 3 is 2.87 bits per heavy atom. The number of aromatic amines is 1. The lowest BCUT2D eigenvalue weighted by atomic mass is 9.95. The van der Waals surface area contributed by atoms with E-state index in [1.807, 2.05) is 27.7 Å². The number of carbonyl (C=O) groups is 1. The first-order valence-corrected chi connectivity index (χ1v) is 8.46. The van der Waals surface area contributed by atoms with Crippen LogP contribution in [0.1, 0.15) is 38.6 Å². The molecule has 1 aromatic heterocycles. The number of aryl methyl sites for hydroxylation is 1. The van der Waals surface area contributed by atoms with Gasteiger partial charge >= 0.3 is 0 Å². The quantitative estimate of drug-likeness (QED) is 0.860. The zero-order chi connectivity index (χ0) is 17.0. The Balaban J connectivity index is 1.77. The number of nitrogens with zero attached hydrogens (tertiary/aromatic N) is 2. The first-order chi connectivity index (χ1) is 10.8. The summed E-state index contributed by atoms with van der Waals surface area (Å²) in [5.74, 6) is 0.0731. The van der Waals surface area contributed by atoms with Crippen molar-refractivity contribution in [3.8, 4) is 0 Å². The summed E-state index contributed by atoms with van der Waals surface area (Å²) in [7, 11) is 0. The first kappa shape index (κ1) is 18.2. The molecule has 6 nitrogen and oxygen atoms in total. The number of ether oxygens (including phenoxy) is 1. The van der Waals surface area contributed by atoms with Crippen LogP contribution in [0.25, 0.3) is 0 Å². The summed E-state index contributed by atoms with van der Waals surface area (Å²) in [5, 5.41) is 10.8. The highest BCUT2D eigenvalue weighted by Crippen LogP contribution is 2.20. The van der Waals surface area contributed by atoms with Gasteiger partial charge < -0.3 is 10.1 Å². The van der Waals surface area contributed by atoms with Gasteiger partial charge in [-0.1, -0.05) is 32.4 Å². The molecule has 1 atom stereocenters. The van der Waals surface area contributed by atoms with E-state index in [0.717, 1.165) is 37.4 Å². The van der Waals surface area contributed by atoms with Gasteiger partial charge in [0.2, 0.25) is 5.91 Å². The fourth-order valence-corrected chi connectivity index (χ4v) is 2.64. The lowest BCUT2D eigenvalue weighted by Gasteiger charge is -2.32. The van der Waals surface area contributed by atoms with Crippen LogP contribution in [-0.4, -0.2) is 53.3 Å². The Hall–Kier alpha value is -1.11. The molecule has 0 aromatic carbocycles. The summed E-state index contributed by atoms with van der Waals surface area (Å²) < 4.78 is 5.79. The van der Waals surface area contributed by atoms with Crippen molar-refractivity contribution >= 4 is 17.5 Å². The largest absolute Gasteiger partial charge is 0.375 e. The van der Waals surface area contributed by atoms with Gasteiger partial charge in [-0.2, -0.15) is 5.10 Å². The van der Waals surface area contributed by atoms with Gasteiger partial charge in [-0.3, -0.25) is 14.8 Å². The monoisotopic (exact) mass is 342 g/mol. The molecule has 0 unspecified atom stereocenters. The molecule has 2 rings (SSSR count). The maximum Gasteiger partial charge on any atom is 0.225 e. The van der Waals surface area contributed by atoms with Crippen LogP contribution in [0.15, 0.2) is 0 Å². The normalized spacial score (nSPS) is 19.8. The van der Waals surface area contributed by atoms with Crippen molar-refractivity contribution < 1.29 is 9.53 Å². The number of aromatic nitrogens is 2. The van der Waals surface area contributed by atoms with Gasteiger partial charge in [0.25, 0.3) is 0 Å². The Labute approximate surface area is 142 Å². The van der Waals surface area contributed by atoms with Crippen molar-refractivity contribution in [2.24, 2.45) is 5.41 Å². The second-order valence-corrected chi connectivity index (χ2v) is 7.51. The standard InChI is InChI=1S/C16H27ClN4O2/c1-11-14(17)13(20-19-11)10-21-7-8-23-12(9-21)5-6-18-15(22)16(2,3)4/h12H,5-10H2,1-4H3,(H,18,22)(H,19,20)/t12-/m1/s1. The molecular weight excluding hydrogens is 316 g/mol. The van der Waals surface area contributed by atoms with Gasteiger partial charge in [-0.15, -0.1) is 0 Å². The molecule has 0 aliphatic carbocycles. The third-order valence-electron chi connectivity index (χ3n) is 3.97. The second-order valence-electron chi connectivity index (χ2n) is 7.13. The van der Waals surface area contributed by atoms with Gasteiger partial charge in [0.05, 0.1) is 29.1 Å². The summed E-state index contributed by atoms with van der Waals surface area (Å²) in [4.78, 5) is 14.2. The van der Waals surface area contributed by atoms with Crippen molar-refractivity contribution in [3.05, 3.63) is 16.4 Å².